The number of nitrogens with zero attached hydrogens (tertiary/aromatic N) is 3. The van der Waals surface area contributed by atoms with E-state index in [9.17, 15) is 18.9 Å². The minimum Gasteiger partial charge on any atom is -0.258 e. The lowest BCUT2D eigenvalue weighted by atomic mass is 9.99. The summed E-state index contributed by atoms with van der Waals surface area (Å²) in [5.74, 6) is -0.718. The van der Waals surface area contributed by atoms with Crippen molar-refractivity contribution in [2.45, 2.75) is 6.42 Å². The number of halogens is 2. The Morgan fingerprint density at radius 1 is 0.719 bits per heavy atom. The van der Waals surface area contributed by atoms with Gasteiger partial charge < -0.3 is 0 Å². The van der Waals surface area contributed by atoms with Gasteiger partial charge in [-0.05, 0) is 65.6 Å². The molecule has 0 bridgehead atoms. The third-order valence-corrected chi connectivity index (χ3v) is 4.87. The Kier molecular flexibility index (Phi) is 6.07. The van der Waals surface area contributed by atoms with Crippen LogP contribution in [0.1, 0.15) is 11.1 Å². The molecular formula is C25H17F2N3O2. The summed E-state index contributed by atoms with van der Waals surface area (Å²) in [6.07, 6.45) is 0.542. The summed E-state index contributed by atoms with van der Waals surface area (Å²) >= 11 is 0. The van der Waals surface area contributed by atoms with Crippen LogP contribution in [0.3, 0.4) is 0 Å². The van der Waals surface area contributed by atoms with Gasteiger partial charge in [-0.3, -0.25) is 10.1 Å². The van der Waals surface area contributed by atoms with Crippen LogP contribution >= 0.6 is 0 Å². The van der Waals surface area contributed by atoms with Gasteiger partial charge in [0.25, 0.3) is 5.69 Å². The molecule has 7 heteroatoms. The Balaban J connectivity index is 1.42. The lowest BCUT2D eigenvalue weighted by Gasteiger charge is -2.07. The van der Waals surface area contributed by atoms with Gasteiger partial charge in [-0.25, -0.2) is 8.78 Å². The van der Waals surface area contributed by atoms with Crippen molar-refractivity contribution in [1.29, 1.82) is 0 Å². The van der Waals surface area contributed by atoms with Crippen LogP contribution in [0.25, 0.3) is 11.1 Å². The van der Waals surface area contributed by atoms with Crippen LogP contribution in [0.2, 0.25) is 0 Å². The second-order valence-electron chi connectivity index (χ2n) is 7.14. The molecule has 0 saturated carbocycles. The number of hydrogen-bond acceptors (Lipinski definition) is 4. The second kappa shape index (κ2) is 9.26. The lowest BCUT2D eigenvalue weighted by Crippen LogP contribution is -1.92. The molecule has 4 aromatic carbocycles. The van der Waals surface area contributed by atoms with Crippen LogP contribution < -0.4 is 0 Å². The fourth-order valence-electron chi connectivity index (χ4n) is 3.20. The largest absolute Gasteiger partial charge is 0.269 e. The quantitative estimate of drug-likeness (QED) is 0.180. The minimum atomic E-state index is -0.470. The van der Waals surface area contributed by atoms with Crippen molar-refractivity contribution in [3.05, 3.63) is 124 Å². The van der Waals surface area contributed by atoms with Crippen LogP contribution in [0.5, 0.6) is 0 Å². The maximum Gasteiger partial charge on any atom is 0.269 e. The van der Waals surface area contributed by atoms with E-state index >= 15 is 0 Å². The third kappa shape index (κ3) is 5.07. The average Bonchev–Trinajstić information content (AvgIpc) is 2.80. The summed E-state index contributed by atoms with van der Waals surface area (Å²) in [6, 6.07) is 23.9. The number of azo groups is 1. The molecule has 0 aliphatic rings. The summed E-state index contributed by atoms with van der Waals surface area (Å²) in [4.78, 5) is 10.2. The summed E-state index contributed by atoms with van der Waals surface area (Å²) in [5.41, 5.74) is 3.98. The molecule has 0 aliphatic carbocycles. The molecule has 0 atom stereocenters. The van der Waals surface area contributed by atoms with Crippen molar-refractivity contribution in [2.75, 3.05) is 0 Å². The highest BCUT2D eigenvalue weighted by molar-refractivity contribution is 5.64. The zero-order chi connectivity index (χ0) is 22.5. The lowest BCUT2D eigenvalue weighted by molar-refractivity contribution is -0.384. The van der Waals surface area contributed by atoms with E-state index in [2.05, 4.69) is 10.2 Å². The molecule has 4 aromatic rings. The maximum atomic E-state index is 14.6. The van der Waals surface area contributed by atoms with Crippen LogP contribution in [-0.4, -0.2) is 4.92 Å². The summed E-state index contributed by atoms with van der Waals surface area (Å²) in [6.45, 7) is 0. The number of benzene rings is 4. The Bertz CT molecular complexity index is 1270. The highest BCUT2D eigenvalue weighted by Crippen LogP contribution is 2.26. The molecule has 158 valence electrons. The highest BCUT2D eigenvalue weighted by Gasteiger charge is 2.07. The predicted octanol–water partition coefficient (Wildman–Crippen LogP) is 7.55. The van der Waals surface area contributed by atoms with E-state index in [1.165, 1.54) is 42.5 Å². The van der Waals surface area contributed by atoms with Gasteiger partial charge in [-0.15, -0.1) is 0 Å². The molecule has 0 amide bonds. The smallest absolute Gasteiger partial charge is 0.258 e. The van der Waals surface area contributed by atoms with Crippen LogP contribution in [-0.2, 0) is 6.42 Å². The fraction of sp³-hybridized carbons (Fsp3) is 0.0400. The van der Waals surface area contributed by atoms with Crippen molar-refractivity contribution in [2.24, 2.45) is 10.2 Å². The van der Waals surface area contributed by atoms with E-state index in [-0.39, 0.29) is 17.3 Å². The van der Waals surface area contributed by atoms with Crippen LogP contribution in [0.4, 0.5) is 25.8 Å². The first-order valence-corrected chi connectivity index (χ1v) is 9.77. The first kappa shape index (κ1) is 21.0. The average molecular weight is 429 g/mol. The van der Waals surface area contributed by atoms with Gasteiger partial charge in [0.05, 0.1) is 16.3 Å². The van der Waals surface area contributed by atoms with Gasteiger partial charge in [0, 0.05) is 17.7 Å². The number of nitro benzene ring substituents is 1. The number of hydrogen-bond donors (Lipinski definition) is 0. The van der Waals surface area contributed by atoms with Gasteiger partial charge in [-0.2, -0.15) is 10.2 Å². The van der Waals surface area contributed by atoms with Crippen molar-refractivity contribution in [1.82, 2.24) is 0 Å². The maximum absolute atomic E-state index is 14.6. The Labute approximate surface area is 182 Å². The molecule has 4 rings (SSSR count). The first-order valence-electron chi connectivity index (χ1n) is 9.77. The number of rotatable bonds is 6. The predicted molar refractivity (Wildman–Crippen MR) is 118 cm³/mol. The van der Waals surface area contributed by atoms with Gasteiger partial charge in [-0.1, -0.05) is 36.4 Å². The van der Waals surface area contributed by atoms with Crippen LogP contribution in [0.15, 0.2) is 101 Å². The van der Waals surface area contributed by atoms with Crippen LogP contribution in [0, 0.1) is 21.7 Å². The monoisotopic (exact) mass is 429 g/mol. The first-order chi connectivity index (χ1) is 15.5. The number of nitro groups is 1. The molecular weight excluding hydrogens is 412 g/mol. The van der Waals surface area contributed by atoms with Gasteiger partial charge in [0.15, 0.2) is 0 Å². The third-order valence-electron chi connectivity index (χ3n) is 4.87. The molecule has 0 unspecified atom stereocenters. The Morgan fingerprint density at radius 2 is 1.28 bits per heavy atom. The molecule has 0 radical (unpaired) electrons. The SMILES string of the molecule is O=[N+]([O-])c1ccc(N=Nc2ccc(Cc3ccc(-c4ccc(F)cc4)c(F)c3)cc2)cc1. The van der Waals surface area contributed by atoms with E-state index in [1.807, 2.05) is 18.2 Å². The Hall–Kier alpha value is -4.26. The standard InChI is InChI=1S/C25H17F2N3O2/c26-20-6-4-19(5-7-20)24-14-3-18(16-25(24)27)15-17-1-8-21(9-2-17)28-29-22-10-12-23(13-11-22)30(31)32/h1-14,16H,15H2. The van der Waals surface area contributed by atoms with Gasteiger partial charge in [0.1, 0.15) is 11.6 Å². The van der Waals surface area contributed by atoms with E-state index in [0.29, 0.717) is 28.9 Å². The highest BCUT2D eigenvalue weighted by atomic mass is 19.1. The molecule has 0 heterocycles. The minimum absolute atomic E-state index is 0.00422. The second-order valence-corrected chi connectivity index (χ2v) is 7.14. The molecule has 5 nitrogen and oxygen atoms in total. The Morgan fingerprint density at radius 3 is 1.84 bits per heavy atom. The molecule has 0 aromatic heterocycles. The zero-order valence-electron chi connectivity index (χ0n) is 16.8. The normalized spacial score (nSPS) is 11.1. The molecule has 0 fully saturated rings. The molecule has 0 N–H and O–H groups in total. The summed E-state index contributed by atoms with van der Waals surface area (Å²) in [5, 5.41) is 18.9. The molecule has 0 spiro atoms. The number of non-ortho nitro benzene ring substituents is 1. The van der Waals surface area contributed by atoms with E-state index in [4.69, 9.17) is 0 Å². The van der Waals surface area contributed by atoms with Crippen molar-refractivity contribution in [3.63, 3.8) is 0 Å². The van der Waals surface area contributed by atoms with Gasteiger partial charge in [0.2, 0.25) is 0 Å². The summed E-state index contributed by atoms with van der Waals surface area (Å²) < 4.78 is 27.7. The van der Waals surface area contributed by atoms with E-state index in [1.54, 1.807) is 30.3 Å². The van der Waals surface area contributed by atoms with Crippen molar-refractivity contribution < 1.29 is 13.7 Å². The fourth-order valence-corrected chi connectivity index (χ4v) is 3.20. The topological polar surface area (TPSA) is 67.9 Å². The van der Waals surface area contributed by atoms with E-state index in [0.717, 1.165) is 11.1 Å². The zero-order valence-corrected chi connectivity index (χ0v) is 16.8. The summed E-state index contributed by atoms with van der Waals surface area (Å²) in [7, 11) is 0. The van der Waals surface area contributed by atoms with Crippen molar-refractivity contribution >= 4 is 17.1 Å². The molecule has 0 aliphatic heterocycles. The molecule has 32 heavy (non-hydrogen) atoms. The molecule has 0 saturated heterocycles. The van der Waals surface area contributed by atoms with Gasteiger partial charge >= 0.3 is 0 Å². The van der Waals surface area contributed by atoms with E-state index < -0.39 is 4.92 Å². The van der Waals surface area contributed by atoms with Crippen molar-refractivity contribution in [3.8, 4) is 11.1 Å².